The molecule has 1 aromatic carbocycles. The number of aliphatic hydroxyl groups excluding tert-OH is 1. The number of amides is 1. The van der Waals surface area contributed by atoms with E-state index < -0.39 is 17.2 Å². The van der Waals surface area contributed by atoms with Gasteiger partial charge in [-0.2, -0.15) is 0 Å². The lowest BCUT2D eigenvalue weighted by atomic mass is 9.73. The number of aromatic nitrogens is 4. The Morgan fingerprint density at radius 1 is 1.31 bits per heavy atom. The van der Waals surface area contributed by atoms with Crippen molar-refractivity contribution in [2.75, 3.05) is 19.7 Å². The fraction of sp³-hybridized carbons (Fsp3) is 0.600. The van der Waals surface area contributed by atoms with Gasteiger partial charge in [0, 0.05) is 12.2 Å². The van der Waals surface area contributed by atoms with Crippen molar-refractivity contribution in [3.63, 3.8) is 0 Å². The molecule has 1 spiro atoms. The number of piperidine rings is 1. The van der Waals surface area contributed by atoms with Crippen LogP contribution in [0.4, 0.5) is 0 Å². The van der Waals surface area contributed by atoms with E-state index in [0.717, 1.165) is 37.3 Å². The van der Waals surface area contributed by atoms with Gasteiger partial charge < -0.3 is 20.5 Å². The summed E-state index contributed by atoms with van der Waals surface area (Å²) in [7, 11) is 0. The number of aliphatic hydroxyl groups is 1. The van der Waals surface area contributed by atoms with Crippen LogP contribution in [0.2, 0.25) is 0 Å². The van der Waals surface area contributed by atoms with Crippen molar-refractivity contribution in [1.29, 1.82) is 0 Å². The van der Waals surface area contributed by atoms with Gasteiger partial charge in [0.25, 0.3) is 5.91 Å². The maximum Gasteiger partial charge on any atom is 0.251 e. The number of rotatable bonds is 4. The number of carbonyl (C=O) groups is 1. The lowest BCUT2D eigenvalue weighted by Gasteiger charge is -2.52. The molecule has 2 aromatic rings. The Balaban J connectivity index is 1.44. The van der Waals surface area contributed by atoms with E-state index in [2.05, 4.69) is 26.2 Å². The quantitative estimate of drug-likeness (QED) is 0.681. The summed E-state index contributed by atoms with van der Waals surface area (Å²) in [6.45, 7) is 6.45. The Kier molecular flexibility index (Phi) is 5.37. The highest BCUT2D eigenvalue weighted by Gasteiger charge is 2.53. The van der Waals surface area contributed by atoms with Gasteiger partial charge in [0.1, 0.15) is 11.9 Å². The van der Waals surface area contributed by atoms with Crippen LogP contribution in [0.5, 0.6) is 0 Å². The monoisotopic (exact) mass is 400 g/mol. The van der Waals surface area contributed by atoms with Crippen LogP contribution in [0.15, 0.2) is 24.3 Å². The zero-order valence-corrected chi connectivity index (χ0v) is 16.9. The van der Waals surface area contributed by atoms with E-state index in [1.807, 2.05) is 26.0 Å². The lowest BCUT2D eigenvalue weighted by Crippen LogP contribution is -2.69. The third kappa shape index (κ3) is 3.90. The number of aryl methyl sites for hydroxylation is 1. The minimum Gasteiger partial charge on any atom is -0.388 e. The molecule has 0 bridgehead atoms. The minimum atomic E-state index is -0.753. The van der Waals surface area contributed by atoms with Gasteiger partial charge in [-0.15, -0.1) is 5.10 Å². The Hall–Kier alpha value is -2.36. The van der Waals surface area contributed by atoms with Gasteiger partial charge in [-0.05, 0) is 74.3 Å². The fourth-order valence-corrected chi connectivity index (χ4v) is 4.32. The molecular formula is C20H28N6O3. The van der Waals surface area contributed by atoms with Crippen LogP contribution in [-0.4, -0.2) is 68.2 Å². The molecule has 1 unspecified atom stereocenters. The smallest absolute Gasteiger partial charge is 0.251 e. The summed E-state index contributed by atoms with van der Waals surface area (Å²) in [6, 6.07) is 7.37. The molecule has 0 saturated carbocycles. The highest BCUT2D eigenvalue weighted by molar-refractivity contribution is 5.94. The Morgan fingerprint density at radius 2 is 2.03 bits per heavy atom. The Morgan fingerprint density at radius 3 is 2.69 bits per heavy atom. The molecular weight excluding hydrogens is 372 g/mol. The lowest BCUT2D eigenvalue weighted by molar-refractivity contribution is -0.197. The standard InChI is InChI=1S/C20H28N6O3/c1-14-23-24-25-26(14)13-15-3-5-16(6-4-15)17(27)22-19(2)9-12-29-20(18(19)28)7-10-21-11-8-20/h3-6,18,21,28H,7-13H2,1-2H3,(H,22,27)/t18?,19-/m1/s1. The SMILES string of the molecule is Cc1nnnn1Cc1ccc(C(=O)N[C@]2(C)CCOC3(CCNCC3)C2O)cc1. The van der Waals surface area contributed by atoms with E-state index in [1.165, 1.54) is 0 Å². The number of ether oxygens (including phenoxy) is 1. The third-order valence-corrected chi connectivity index (χ3v) is 6.22. The summed E-state index contributed by atoms with van der Waals surface area (Å²) >= 11 is 0. The second kappa shape index (κ2) is 7.81. The van der Waals surface area contributed by atoms with E-state index in [9.17, 15) is 9.90 Å². The first-order valence-electron chi connectivity index (χ1n) is 10.1. The molecule has 3 heterocycles. The van der Waals surface area contributed by atoms with Crippen LogP contribution in [-0.2, 0) is 11.3 Å². The molecule has 2 saturated heterocycles. The molecule has 1 aromatic heterocycles. The third-order valence-electron chi connectivity index (χ3n) is 6.22. The molecule has 3 N–H and O–H groups in total. The molecule has 0 radical (unpaired) electrons. The average Bonchev–Trinajstić information content (AvgIpc) is 3.12. The summed E-state index contributed by atoms with van der Waals surface area (Å²) in [4.78, 5) is 12.9. The summed E-state index contributed by atoms with van der Waals surface area (Å²) < 4.78 is 7.72. The normalized spacial score (nSPS) is 26.4. The maximum absolute atomic E-state index is 12.9. The molecule has 4 rings (SSSR count). The number of nitrogens with zero attached hydrogens (tertiary/aromatic N) is 4. The second-order valence-electron chi connectivity index (χ2n) is 8.27. The van der Waals surface area contributed by atoms with E-state index in [-0.39, 0.29) is 5.91 Å². The van der Waals surface area contributed by atoms with Crippen molar-refractivity contribution < 1.29 is 14.6 Å². The number of carbonyl (C=O) groups excluding carboxylic acids is 1. The largest absolute Gasteiger partial charge is 0.388 e. The van der Waals surface area contributed by atoms with E-state index in [1.54, 1.807) is 16.8 Å². The number of hydrogen-bond donors (Lipinski definition) is 3. The summed E-state index contributed by atoms with van der Waals surface area (Å²) in [5.74, 6) is 0.544. The molecule has 2 aliphatic rings. The summed E-state index contributed by atoms with van der Waals surface area (Å²) in [6.07, 6.45) is 1.30. The van der Waals surface area contributed by atoms with Crippen LogP contribution in [0, 0.1) is 6.92 Å². The first kappa shape index (κ1) is 19.9. The minimum absolute atomic E-state index is 0.192. The van der Waals surface area contributed by atoms with Gasteiger partial charge in [0.05, 0.1) is 17.7 Å². The van der Waals surface area contributed by atoms with Crippen LogP contribution < -0.4 is 10.6 Å². The molecule has 2 fully saturated rings. The molecule has 29 heavy (non-hydrogen) atoms. The molecule has 0 aliphatic carbocycles. The van der Waals surface area contributed by atoms with Gasteiger partial charge in [0.2, 0.25) is 0 Å². The molecule has 2 atom stereocenters. The van der Waals surface area contributed by atoms with Crippen LogP contribution in [0.3, 0.4) is 0 Å². The summed E-state index contributed by atoms with van der Waals surface area (Å²) in [5, 5.41) is 29.0. The fourth-order valence-electron chi connectivity index (χ4n) is 4.32. The van der Waals surface area contributed by atoms with Crippen molar-refractivity contribution in [3.8, 4) is 0 Å². The maximum atomic E-state index is 12.9. The van der Waals surface area contributed by atoms with E-state index in [0.29, 0.717) is 25.1 Å². The number of benzene rings is 1. The van der Waals surface area contributed by atoms with Crippen molar-refractivity contribution in [1.82, 2.24) is 30.8 Å². The topological polar surface area (TPSA) is 114 Å². The van der Waals surface area contributed by atoms with E-state index in [4.69, 9.17) is 4.74 Å². The van der Waals surface area contributed by atoms with Gasteiger partial charge >= 0.3 is 0 Å². The van der Waals surface area contributed by atoms with E-state index >= 15 is 0 Å². The van der Waals surface area contributed by atoms with Gasteiger partial charge in [-0.1, -0.05) is 12.1 Å². The zero-order chi connectivity index (χ0) is 20.5. The van der Waals surface area contributed by atoms with Gasteiger partial charge in [-0.25, -0.2) is 4.68 Å². The van der Waals surface area contributed by atoms with Crippen molar-refractivity contribution in [3.05, 3.63) is 41.2 Å². The average molecular weight is 400 g/mol. The highest BCUT2D eigenvalue weighted by Crippen LogP contribution is 2.38. The van der Waals surface area contributed by atoms with Gasteiger partial charge in [-0.3, -0.25) is 4.79 Å². The van der Waals surface area contributed by atoms with Crippen molar-refractivity contribution >= 4 is 5.91 Å². The second-order valence-corrected chi connectivity index (χ2v) is 8.27. The predicted octanol–water partition coefficient (Wildman–Crippen LogP) is 0.422. The number of nitrogens with one attached hydrogen (secondary N) is 2. The first-order chi connectivity index (χ1) is 13.9. The number of tetrazole rings is 1. The van der Waals surface area contributed by atoms with Crippen molar-refractivity contribution in [2.45, 2.75) is 56.9 Å². The molecule has 1 amide bonds. The molecule has 9 heteroatoms. The number of hydrogen-bond acceptors (Lipinski definition) is 7. The van der Waals surface area contributed by atoms with Crippen LogP contribution in [0.1, 0.15) is 47.9 Å². The predicted molar refractivity (Wildman–Crippen MR) is 105 cm³/mol. The van der Waals surface area contributed by atoms with Crippen molar-refractivity contribution in [2.24, 2.45) is 0 Å². The Bertz CT molecular complexity index is 856. The van der Waals surface area contributed by atoms with Crippen LogP contribution in [0.25, 0.3) is 0 Å². The molecule has 2 aliphatic heterocycles. The molecule has 9 nitrogen and oxygen atoms in total. The van der Waals surface area contributed by atoms with Crippen LogP contribution >= 0.6 is 0 Å². The first-order valence-corrected chi connectivity index (χ1v) is 10.1. The Labute approximate surface area is 169 Å². The zero-order valence-electron chi connectivity index (χ0n) is 16.9. The summed E-state index contributed by atoms with van der Waals surface area (Å²) in [5.41, 5.74) is 0.248. The molecule has 156 valence electrons. The van der Waals surface area contributed by atoms with Gasteiger partial charge in [0.15, 0.2) is 0 Å². The highest BCUT2D eigenvalue weighted by atomic mass is 16.5.